The Balaban J connectivity index is 4.71. The normalized spacial score (nSPS) is 11.7. The molecule has 104 valence electrons. The van der Waals surface area contributed by atoms with Crippen LogP contribution in [0.2, 0.25) is 0 Å². The highest BCUT2D eigenvalue weighted by Gasteiger charge is 2.25. The molecule has 18 heavy (non-hydrogen) atoms. The van der Waals surface area contributed by atoms with Crippen molar-refractivity contribution in [2.75, 3.05) is 20.1 Å². The van der Waals surface area contributed by atoms with Gasteiger partial charge >= 0.3 is 18.0 Å². The van der Waals surface area contributed by atoms with E-state index in [-0.39, 0.29) is 6.04 Å². The van der Waals surface area contributed by atoms with Gasteiger partial charge in [0.2, 0.25) is 0 Å². The maximum atomic E-state index is 12.0. The van der Waals surface area contributed by atoms with Crippen LogP contribution in [0.25, 0.3) is 0 Å². The largest absolute Gasteiger partial charge is 0.480 e. The average Bonchev–Trinajstić information content (AvgIpc) is 2.25. The first-order valence-corrected chi connectivity index (χ1v) is 5.74. The maximum Gasteiger partial charge on any atom is 0.323 e. The molecule has 0 rings (SSSR count). The molecule has 0 aromatic carbocycles. The van der Waals surface area contributed by atoms with Crippen molar-refractivity contribution in [1.82, 2.24) is 9.80 Å². The molecular weight excluding hydrogens is 240 g/mol. The minimum absolute atomic E-state index is 0.0624. The molecule has 0 fully saturated rings. The zero-order valence-corrected chi connectivity index (χ0v) is 10.9. The third kappa shape index (κ3) is 5.51. The van der Waals surface area contributed by atoms with Crippen LogP contribution in [0.1, 0.15) is 26.7 Å². The van der Waals surface area contributed by atoms with E-state index in [2.05, 4.69) is 0 Å². The van der Waals surface area contributed by atoms with E-state index in [0.717, 1.165) is 17.7 Å². The minimum atomic E-state index is -1.24. The fourth-order valence-corrected chi connectivity index (χ4v) is 1.54. The molecule has 0 saturated carbocycles. The SMILES string of the molecule is CCCC(C)N(C)C(=O)N(CC(=O)O)CC(=O)O. The standard InChI is InChI=1S/C11H20N2O5/c1-4-5-8(2)12(3)11(18)13(6-9(14)15)7-10(16)17/h8H,4-7H2,1-3H3,(H,14,15)(H,16,17). The van der Waals surface area contributed by atoms with Crippen LogP contribution in [0, 0.1) is 0 Å². The Hall–Kier alpha value is -1.79. The van der Waals surface area contributed by atoms with Gasteiger partial charge in [0, 0.05) is 13.1 Å². The molecule has 1 unspecified atom stereocenters. The van der Waals surface area contributed by atoms with Crippen LogP contribution in [0.15, 0.2) is 0 Å². The van der Waals surface area contributed by atoms with E-state index < -0.39 is 31.1 Å². The topological polar surface area (TPSA) is 98.2 Å². The maximum absolute atomic E-state index is 12.0. The van der Waals surface area contributed by atoms with Crippen molar-refractivity contribution in [1.29, 1.82) is 0 Å². The van der Waals surface area contributed by atoms with Crippen LogP contribution in [0.4, 0.5) is 4.79 Å². The van der Waals surface area contributed by atoms with Crippen LogP contribution >= 0.6 is 0 Å². The zero-order valence-electron chi connectivity index (χ0n) is 10.9. The first-order chi connectivity index (χ1) is 8.29. The average molecular weight is 260 g/mol. The fraction of sp³-hybridized carbons (Fsp3) is 0.727. The number of carboxylic acids is 2. The Morgan fingerprint density at radius 2 is 1.56 bits per heavy atom. The number of carbonyl (C=O) groups is 3. The first-order valence-electron chi connectivity index (χ1n) is 5.74. The summed E-state index contributed by atoms with van der Waals surface area (Å²) in [6.45, 7) is 2.57. The van der Waals surface area contributed by atoms with Crippen molar-refractivity contribution in [3.8, 4) is 0 Å². The second kappa shape index (κ2) is 7.52. The molecule has 0 radical (unpaired) electrons. The number of hydrogen-bond donors (Lipinski definition) is 2. The van der Waals surface area contributed by atoms with Gasteiger partial charge in [0.25, 0.3) is 0 Å². The number of amides is 2. The van der Waals surface area contributed by atoms with E-state index in [1.165, 1.54) is 4.90 Å². The summed E-state index contributed by atoms with van der Waals surface area (Å²) in [4.78, 5) is 35.3. The van der Waals surface area contributed by atoms with Crippen LogP contribution in [-0.2, 0) is 9.59 Å². The third-order valence-electron chi connectivity index (χ3n) is 2.59. The van der Waals surface area contributed by atoms with Gasteiger partial charge in [0.1, 0.15) is 13.1 Å². The van der Waals surface area contributed by atoms with Crippen molar-refractivity contribution in [3.05, 3.63) is 0 Å². The van der Waals surface area contributed by atoms with E-state index in [1.807, 2.05) is 13.8 Å². The van der Waals surface area contributed by atoms with Crippen molar-refractivity contribution in [2.45, 2.75) is 32.7 Å². The van der Waals surface area contributed by atoms with E-state index >= 15 is 0 Å². The lowest BCUT2D eigenvalue weighted by atomic mass is 10.2. The molecule has 1 atom stereocenters. The molecule has 0 aliphatic rings. The van der Waals surface area contributed by atoms with Gasteiger partial charge in [-0.15, -0.1) is 0 Å². The summed E-state index contributed by atoms with van der Waals surface area (Å²) in [5, 5.41) is 17.3. The van der Waals surface area contributed by atoms with Gasteiger partial charge in [-0.25, -0.2) is 4.79 Å². The molecule has 0 aliphatic heterocycles. The predicted octanol–water partition coefficient (Wildman–Crippen LogP) is 0.698. The van der Waals surface area contributed by atoms with Crippen LogP contribution < -0.4 is 0 Å². The monoisotopic (exact) mass is 260 g/mol. The summed E-state index contributed by atoms with van der Waals surface area (Å²) >= 11 is 0. The van der Waals surface area contributed by atoms with Crippen LogP contribution in [-0.4, -0.2) is 64.2 Å². The molecule has 2 amide bonds. The molecule has 0 bridgehead atoms. The minimum Gasteiger partial charge on any atom is -0.480 e. The Bertz CT molecular complexity index is 303. The number of hydrogen-bond acceptors (Lipinski definition) is 3. The van der Waals surface area contributed by atoms with Crippen molar-refractivity contribution >= 4 is 18.0 Å². The van der Waals surface area contributed by atoms with E-state index in [4.69, 9.17) is 10.2 Å². The quantitative estimate of drug-likeness (QED) is 0.702. The molecule has 0 saturated heterocycles. The van der Waals surface area contributed by atoms with Gasteiger partial charge in [-0.1, -0.05) is 13.3 Å². The molecule has 7 nitrogen and oxygen atoms in total. The summed E-state index contributed by atoms with van der Waals surface area (Å²) in [7, 11) is 1.54. The van der Waals surface area contributed by atoms with Gasteiger partial charge in [-0.2, -0.15) is 0 Å². The second-order valence-corrected chi connectivity index (χ2v) is 4.17. The Labute approximate surface area is 106 Å². The second-order valence-electron chi connectivity index (χ2n) is 4.17. The Morgan fingerprint density at radius 3 is 1.89 bits per heavy atom. The lowest BCUT2D eigenvalue weighted by Gasteiger charge is -2.30. The first kappa shape index (κ1) is 16.2. The van der Waals surface area contributed by atoms with Crippen molar-refractivity contribution in [3.63, 3.8) is 0 Å². The van der Waals surface area contributed by atoms with E-state index in [9.17, 15) is 14.4 Å². The molecular formula is C11H20N2O5. The van der Waals surface area contributed by atoms with E-state index in [0.29, 0.717) is 0 Å². The molecule has 0 heterocycles. The lowest BCUT2D eigenvalue weighted by molar-refractivity contribution is -0.140. The molecule has 0 spiro atoms. The predicted molar refractivity (Wildman–Crippen MR) is 64.4 cm³/mol. The van der Waals surface area contributed by atoms with Gasteiger partial charge in [0.05, 0.1) is 0 Å². The summed E-state index contributed by atoms with van der Waals surface area (Å²) in [5.74, 6) is -2.47. The van der Waals surface area contributed by atoms with E-state index in [1.54, 1.807) is 7.05 Å². The van der Waals surface area contributed by atoms with Gasteiger partial charge < -0.3 is 20.0 Å². The number of urea groups is 1. The summed E-state index contributed by atoms with van der Waals surface area (Å²) in [6, 6.07) is -0.645. The smallest absolute Gasteiger partial charge is 0.323 e. The number of rotatable bonds is 7. The highest BCUT2D eigenvalue weighted by molar-refractivity contribution is 5.84. The van der Waals surface area contributed by atoms with Crippen LogP contribution in [0.3, 0.4) is 0 Å². The summed E-state index contributed by atoms with van der Waals surface area (Å²) in [5.41, 5.74) is 0. The molecule has 0 aromatic rings. The summed E-state index contributed by atoms with van der Waals surface area (Å²) in [6.07, 6.45) is 1.66. The highest BCUT2D eigenvalue weighted by atomic mass is 16.4. The molecule has 7 heteroatoms. The number of carbonyl (C=O) groups excluding carboxylic acids is 1. The van der Waals surface area contributed by atoms with Crippen molar-refractivity contribution in [2.24, 2.45) is 0 Å². The lowest BCUT2D eigenvalue weighted by Crippen LogP contribution is -2.48. The molecule has 2 N–H and O–H groups in total. The van der Waals surface area contributed by atoms with Crippen molar-refractivity contribution < 1.29 is 24.6 Å². The number of aliphatic carboxylic acids is 2. The Kier molecular flexibility index (Phi) is 6.77. The van der Waals surface area contributed by atoms with Gasteiger partial charge in [-0.3, -0.25) is 9.59 Å². The zero-order chi connectivity index (χ0) is 14.3. The number of carboxylic acid groups (broad SMARTS) is 2. The van der Waals surface area contributed by atoms with Gasteiger partial charge in [-0.05, 0) is 13.3 Å². The molecule has 0 aliphatic carbocycles. The molecule has 0 aromatic heterocycles. The summed E-state index contributed by atoms with van der Waals surface area (Å²) < 4.78 is 0. The Morgan fingerprint density at radius 1 is 1.11 bits per heavy atom. The highest BCUT2D eigenvalue weighted by Crippen LogP contribution is 2.07. The van der Waals surface area contributed by atoms with Gasteiger partial charge in [0.15, 0.2) is 0 Å². The van der Waals surface area contributed by atoms with Crippen LogP contribution in [0.5, 0.6) is 0 Å². The number of nitrogens with zero attached hydrogens (tertiary/aromatic N) is 2. The third-order valence-corrected chi connectivity index (χ3v) is 2.59. The fourth-order valence-electron chi connectivity index (χ4n) is 1.54.